The fourth-order valence-corrected chi connectivity index (χ4v) is 5.36. The van der Waals surface area contributed by atoms with Crippen LogP contribution in [0.2, 0.25) is 5.15 Å². The molecule has 0 aliphatic carbocycles. The summed E-state index contributed by atoms with van der Waals surface area (Å²) in [5.41, 5.74) is 2.93. The van der Waals surface area contributed by atoms with Gasteiger partial charge in [0.05, 0.1) is 12.9 Å². The summed E-state index contributed by atoms with van der Waals surface area (Å²) >= 11 is 6.29. The maximum absolute atomic E-state index is 14.4. The number of aromatic nitrogens is 4. The van der Waals surface area contributed by atoms with E-state index in [2.05, 4.69) is 25.3 Å². The number of halogens is 2. The Bertz CT molecular complexity index is 1520. The molecular formula is C24H21ClFN5O3S. The zero-order valence-corrected chi connectivity index (χ0v) is 20.7. The highest BCUT2D eigenvalue weighted by Crippen LogP contribution is 2.32. The summed E-state index contributed by atoms with van der Waals surface area (Å²) in [5.74, 6) is -0.308. The molecule has 0 spiro atoms. The molecule has 0 saturated carbocycles. The molecule has 3 aromatic heterocycles. The van der Waals surface area contributed by atoms with Gasteiger partial charge in [-0.3, -0.25) is 0 Å². The minimum Gasteiger partial charge on any atom is -0.467 e. The van der Waals surface area contributed by atoms with E-state index in [-0.39, 0.29) is 16.1 Å². The van der Waals surface area contributed by atoms with Gasteiger partial charge in [-0.05, 0) is 60.9 Å². The highest BCUT2D eigenvalue weighted by Gasteiger charge is 2.24. The molecule has 35 heavy (non-hydrogen) atoms. The van der Waals surface area contributed by atoms with Crippen molar-refractivity contribution in [3.63, 3.8) is 0 Å². The lowest BCUT2D eigenvalue weighted by Gasteiger charge is -2.14. The van der Waals surface area contributed by atoms with Crippen molar-refractivity contribution in [2.75, 3.05) is 12.4 Å². The molecule has 0 bridgehead atoms. The predicted molar refractivity (Wildman–Crippen MR) is 131 cm³/mol. The van der Waals surface area contributed by atoms with Gasteiger partial charge in [-0.25, -0.2) is 27.8 Å². The average Bonchev–Trinajstić information content (AvgIpc) is 2.82. The number of nitrogens with one attached hydrogen (secondary N) is 1. The van der Waals surface area contributed by atoms with Crippen molar-refractivity contribution < 1.29 is 17.5 Å². The van der Waals surface area contributed by atoms with E-state index in [0.29, 0.717) is 33.9 Å². The molecule has 3 heterocycles. The normalized spacial score (nSPS) is 11.3. The third kappa shape index (κ3) is 5.39. The van der Waals surface area contributed by atoms with Crippen molar-refractivity contribution in [1.29, 1.82) is 0 Å². The second kappa shape index (κ2) is 9.93. The first-order valence-corrected chi connectivity index (χ1v) is 12.4. The van der Waals surface area contributed by atoms with Crippen LogP contribution in [0.25, 0.3) is 11.1 Å². The van der Waals surface area contributed by atoms with Gasteiger partial charge in [0, 0.05) is 29.7 Å². The van der Waals surface area contributed by atoms with E-state index in [9.17, 15) is 12.8 Å². The van der Waals surface area contributed by atoms with Gasteiger partial charge in [0.15, 0.2) is 9.84 Å². The van der Waals surface area contributed by atoms with Crippen molar-refractivity contribution in [3.05, 3.63) is 82.6 Å². The molecule has 0 atom stereocenters. The van der Waals surface area contributed by atoms with Gasteiger partial charge in [-0.1, -0.05) is 17.7 Å². The van der Waals surface area contributed by atoms with Crippen molar-refractivity contribution in [3.8, 4) is 17.1 Å². The molecule has 0 amide bonds. The Balaban J connectivity index is 1.68. The van der Waals surface area contributed by atoms with E-state index < -0.39 is 21.4 Å². The highest BCUT2D eigenvalue weighted by atomic mass is 35.5. The van der Waals surface area contributed by atoms with Crippen LogP contribution < -0.4 is 10.1 Å². The van der Waals surface area contributed by atoms with E-state index in [4.69, 9.17) is 16.3 Å². The number of aryl methyl sites for hydroxylation is 1. The van der Waals surface area contributed by atoms with Crippen LogP contribution in [0, 0.1) is 19.7 Å². The molecule has 0 radical (unpaired) electrons. The number of hydrogen-bond acceptors (Lipinski definition) is 8. The maximum Gasteiger partial charge on any atom is 0.318 e. The number of methoxy groups -OCH3 is 1. The molecule has 0 saturated heterocycles. The number of hydrogen-bond donors (Lipinski definition) is 1. The van der Waals surface area contributed by atoms with Gasteiger partial charge in [0.25, 0.3) is 0 Å². The van der Waals surface area contributed by atoms with E-state index in [1.807, 2.05) is 0 Å². The standard InChI is InChI=1S/C24H21ClFN5O3S/c1-14-4-5-20(19(26)10-14)35(32,33)13-18-15(2)17(12-29-23(18)25)16-6-8-27-22(11-16)30-21-7-9-28-24(31-21)34-3/h4-12H,13H2,1-3H3,(H,27,28,30,31). The molecule has 0 fully saturated rings. The first-order chi connectivity index (χ1) is 16.7. The van der Waals surface area contributed by atoms with Crippen LogP contribution in [-0.4, -0.2) is 35.5 Å². The van der Waals surface area contributed by atoms with Gasteiger partial charge in [0.1, 0.15) is 27.5 Å². The van der Waals surface area contributed by atoms with Crippen LogP contribution in [0.1, 0.15) is 16.7 Å². The number of rotatable bonds is 7. The molecule has 11 heteroatoms. The monoisotopic (exact) mass is 513 g/mol. The average molecular weight is 514 g/mol. The Morgan fingerprint density at radius 3 is 2.54 bits per heavy atom. The van der Waals surface area contributed by atoms with Crippen molar-refractivity contribution in [2.45, 2.75) is 24.5 Å². The topological polar surface area (TPSA) is 107 Å². The van der Waals surface area contributed by atoms with Crippen molar-refractivity contribution in [1.82, 2.24) is 19.9 Å². The van der Waals surface area contributed by atoms with Gasteiger partial charge >= 0.3 is 6.01 Å². The summed E-state index contributed by atoms with van der Waals surface area (Å²) in [6.45, 7) is 3.44. The second-order valence-corrected chi connectivity index (χ2v) is 10.1. The third-order valence-electron chi connectivity index (χ3n) is 5.31. The molecular weight excluding hydrogens is 493 g/mol. The number of sulfone groups is 1. The Hall–Kier alpha value is -3.63. The number of anilines is 2. The lowest BCUT2D eigenvalue weighted by molar-refractivity contribution is 0.380. The minimum absolute atomic E-state index is 0.0443. The molecule has 0 aliphatic rings. The van der Waals surface area contributed by atoms with E-state index in [1.54, 1.807) is 56.7 Å². The lowest BCUT2D eigenvalue weighted by atomic mass is 10.0. The minimum atomic E-state index is -4.01. The SMILES string of the molecule is COc1nccc(Nc2cc(-c3cnc(Cl)c(CS(=O)(=O)c4ccc(C)cc4F)c3C)ccn2)n1. The highest BCUT2D eigenvalue weighted by molar-refractivity contribution is 7.90. The summed E-state index contributed by atoms with van der Waals surface area (Å²) in [6, 6.07) is 9.42. The second-order valence-electron chi connectivity index (χ2n) is 7.74. The molecule has 1 aromatic carbocycles. The Morgan fingerprint density at radius 1 is 1.03 bits per heavy atom. The van der Waals surface area contributed by atoms with Crippen LogP contribution in [0.4, 0.5) is 16.0 Å². The van der Waals surface area contributed by atoms with Gasteiger partial charge < -0.3 is 10.1 Å². The quantitative estimate of drug-likeness (QED) is 0.341. The number of pyridine rings is 2. The van der Waals surface area contributed by atoms with Gasteiger partial charge in [-0.2, -0.15) is 4.98 Å². The Labute approximate surface area is 207 Å². The summed E-state index contributed by atoms with van der Waals surface area (Å²) in [7, 11) is -2.54. The molecule has 4 rings (SSSR count). The fourth-order valence-electron chi connectivity index (χ4n) is 3.50. The number of ether oxygens (including phenoxy) is 1. The molecule has 0 aliphatic heterocycles. The van der Waals surface area contributed by atoms with E-state index in [1.165, 1.54) is 19.2 Å². The predicted octanol–water partition coefficient (Wildman–Crippen LogP) is 5.07. The Kier molecular flexibility index (Phi) is 6.95. The zero-order valence-electron chi connectivity index (χ0n) is 19.1. The van der Waals surface area contributed by atoms with Gasteiger partial charge in [-0.15, -0.1) is 0 Å². The van der Waals surface area contributed by atoms with Crippen molar-refractivity contribution >= 4 is 33.1 Å². The molecule has 8 nitrogen and oxygen atoms in total. The summed E-state index contributed by atoms with van der Waals surface area (Å²) in [6.07, 6.45) is 4.71. The largest absolute Gasteiger partial charge is 0.467 e. The lowest BCUT2D eigenvalue weighted by Crippen LogP contribution is -2.10. The summed E-state index contributed by atoms with van der Waals surface area (Å²) in [4.78, 5) is 16.3. The van der Waals surface area contributed by atoms with Crippen LogP contribution >= 0.6 is 11.6 Å². The molecule has 4 aromatic rings. The summed E-state index contributed by atoms with van der Waals surface area (Å²) < 4.78 is 45.5. The van der Waals surface area contributed by atoms with Gasteiger partial charge in [0.2, 0.25) is 0 Å². The number of benzene rings is 1. The molecule has 180 valence electrons. The van der Waals surface area contributed by atoms with E-state index in [0.717, 1.165) is 5.56 Å². The van der Waals surface area contributed by atoms with Crippen LogP contribution in [0.3, 0.4) is 0 Å². The first-order valence-electron chi connectivity index (χ1n) is 10.4. The molecule has 1 N–H and O–H groups in total. The molecule has 0 unspecified atom stereocenters. The van der Waals surface area contributed by atoms with Crippen LogP contribution in [-0.2, 0) is 15.6 Å². The maximum atomic E-state index is 14.4. The van der Waals surface area contributed by atoms with Crippen molar-refractivity contribution in [2.24, 2.45) is 0 Å². The third-order valence-corrected chi connectivity index (χ3v) is 7.31. The fraction of sp³-hybridized carbons (Fsp3) is 0.167. The summed E-state index contributed by atoms with van der Waals surface area (Å²) in [5, 5.41) is 3.12. The smallest absolute Gasteiger partial charge is 0.318 e. The van der Waals surface area contributed by atoms with E-state index >= 15 is 0 Å². The number of nitrogens with zero attached hydrogens (tertiary/aromatic N) is 4. The van der Waals surface area contributed by atoms with Crippen LogP contribution in [0.5, 0.6) is 6.01 Å². The Morgan fingerprint density at radius 2 is 1.80 bits per heavy atom. The van der Waals surface area contributed by atoms with Crippen LogP contribution in [0.15, 0.2) is 59.9 Å². The first kappa shape index (κ1) is 24.5. The zero-order chi connectivity index (χ0) is 25.2.